The number of halogens is 2. The highest BCUT2D eigenvalue weighted by Gasteiger charge is 2.32. The Balaban J connectivity index is 1.52. The molecule has 2 aliphatic rings. The van der Waals surface area contributed by atoms with Crippen LogP contribution in [0.2, 0.25) is 0 Å². The van der Waals surface area contributed by atoms with Gasteiger partial charge in [-0.15, -0.1) is 10.2 Å². The van der Waals surface area contributed by atoms with E-state index in [0.29, 0.717) is 23.3 Å². The Morgan fingerprint density at radius 2 is 1.94 bits per heavy atom. The monoisotopic (exact) mass is 428 g/mol. The molecule has 2 aromatic heterocycles. The molecule has 3 aromatic rings. The predicted molar refractivity (Wildman–Crippen MR) is 112 cm³/mol. The number of fused-ring (bicyclic) bond motifs is 2. The van der Waals surface area contributed by atoms with Crippen molar-refractivity contribution in [2.45, 2.75) is 70.6 Å². The van der Waals surface area contributed by atoms with E-state index in [0.717, 1.165) is 56.8 Å². The molecule has 0 amide bonds. The highest BCUT2D eigenvalue weighted by Crippen LogP contribution is 2.33. The predicted octanol–water partition coefficient (Wildman–Crippen LogP) is 3.32. The summed E-state index contributed by atoms with van der Waals surface area (Å²) in [4.78, 5) is 19.9. The van der Waals surface area contributed by atoms with Gasteiger partial charge in [0.2, 0.25) is 0 Å². The fourth-order valence-corrected chi connectivity index (χ4v) is 4.91. The third kappa shape index (κ3) is 3.86. The number of nitrogens with zero attached hydrogens (tertiary/aromatic N) is 6. The maximum atomic E-state index is 13.4. The Bertz CT molecular complexity index is 1140. The number of rotatable bonds is 5. The summed E-state index contributed by atoms with van der Waals surface area (Å²) in [5.41, 5.74) is 0.153. The van der Waals surface area contributed by atoms with Gasteiger partial charge in [-0.3, -0.25) is 14.3 Å². The molecular weight excluding hydrogens is 402 g/mol. The lowest BCUT2D eigenvalue weighted by Crippen LogP contribution is -2.34. The van der Waals surface area contributed by atoms with Crippen LogP contribution in [0.5, 0.6) is 0 Å². The summed E-state index contributed by atoms with van der Waals surface area (Å²) >= 11 is 0. The second kappa shape index (κ2) is 8.45. The van der Waals surface area contributed by atoms with Crippen LogP contribution in [0.1, 0.15) is 55.6 Å². The van der Waals surface area contributed by atoms with E-state index in [9.17, 15) is 13.6 Å². The van der Waals surface area contributed by atoms with E-state index in [4.69, 9.17) is 4.98 Å². The van der Waals surface area contributed by atoms with Crippen LogP contribution in [0.4, 0.5) is 8.78 Å². The van der Waals surface area contributed by atoms with Gasteiger partial charge in [0.05, 0.1) is 30.0 Å². The summed E-state index contributed by atoms with van der Waals surface area (Å²) in [5.74, 6) is 2.37. The summed E-state index contributed by atoms with van der Waals surface area (Å²) in [6.45, 7) is 1.66. The number of alkyl halides is 2. The van der Waals surface area contributed by atoms with Crippen molar-refractivity contribution in [3.05, 3.63) is 52.1 Å². The normalized spacial score (nSPS) is 19.8. The van der Waals surface area contributed by atoms with Gasteiger partial charge >= 0.3 is 0 Å². The standard InChI is InChI=1S/C22H26F2N6O/c23-18(24)13-30-21(25-16-8-4-3-7-15(16)22(30)31)17-9-6-11-28(17)14-20-27-26-19-10-2-1-5-12-29(19)20/h3-4,7-8,17-18H,1-2,5-6,9-14H2. The van der Waals surface area contributed by atoms with E-state index < -0.39 is 18.5 Å². The van der Waals surface area contributed by atoms with Crippen molar-refractivity contribution < 1.29 is 8.78 Å². The Labute approximate surface area is 178 Å². The maximum Gasteiger partial charge on any atom is 0.261 e. The zero-order valence-corrected chi connectivity index (χ0v) is 17.4. The van der Waals surface area contributed by atoms with E-state index >= 15 is 0 Å². The van der Waals surface area contributed by atoms with Crippen LogP contribution in [0.25, 0.3) is 10.9 Å². The lowest BCUT2D eigenvalue weighted by molar-refractivity contribution is 0.120. The van der Waals surface area contributed by atoms with Crippen molar-refractivity contribution in [1.82, 2.24) is 29.2 Å². The topological polar surface area (TPSA) is 68.8 Å². The molecule has 2 aliphatic heterocycles. The Morgan fingerprint density at radius 3 is 2.81 bits per heavy atom. The third-order valence-corrected chi connectivity index (χ3v) is 6.40. The molecule has 31 heavy (non-hydrogen) atoms. The molecule has 1 saturated heterocycles. The van der Waals surface area contributed by atoms with Crippen molar-refractivity contribution in [3.8, 4) is 0 Å². The minimum atomic E-state index is -2.62. The molecule has 0 aliphatic carbocycles. The quantitative estimate of drug-likeness (QED) is 0.624. The zero-order chi connectivity index (χ0) is 21.4. The first-order valence-corrected chi connectivity index (χ1v) is 11.0. The maximum absolute atomic E-state index is 13.4. The van der Waals surface area contributed by atoms with Crippen molar-refractivity contribution >= 4 is 10.9 Å². The summed E-state index contributed by atoms with van der Waals surface area (Å²) in [5, 5.41) is 9.19. The van der Waals surface area contributed by atoms with Crippen LogP contribution in [0.15, 0.2) is 29.1 Å². The molecule has 1 fully saturated rings. The van der Waals surface area contributed by atoms with Crippen LogP contribution in [-0.2, 0) is 26.1 Å². The minimum Gasteiger partial charge on any atom is -0.314 e. The molecule has 0 saturated carbocycles. The van der Waals surface area contributed by atoms with Crippen molar-refractivity contribution in [1.29, 1.82) is 0 Å². The SMILES string of the molecule is O=c1c2ccccc2nc(C2CCCN2Cc2nnc3n2CCCCC3)n1CC(F)F. The van der Waals surface area contributed by atoms with E-state index in [2.05, 4.69) is 19.7 Å². The van der Waals surface area contributed by atoms with Crippen LogP contribution in [0.3, 0.4) is 0 Å². The fourth-order valence-electron chi connectivity index (χ4n) is 4.91. The molecule has 0 spiro atoms. The molecule has 1 unspecified atom stereocenters. The molecule has 9 heteroatoms. The summed E-state index contributed by atoms with van der Waals surface area (Å²) in [6, 6.07) is 6.76. The number of hydrogen-bond acceptors (Lipinski definition) is 5. The largest absolute Gasteiger partial charge is 0.314 e. The van der Waals surface area contributed by atoms with Crippen molar-refractivity contribution in [3.63, 3.8) is 0 Å². The van der Waals surface area contributed by atoms with Gasteiger partial charge in [0.15, 0.2) is 0 Å². The van der Waals surface area contributed by atoms with Gasteiger partial charge in [-0.05, 0) is 44.4 Å². The van der Waals surface area contributed by atoms with E-state index in [1.165, 1.54) is 11.0 Å². The number of hydrogen-bond donors (Lipinski definition) is 0. The van der Waals surface area contributed by atoms with Gasteiger partial charge < -0.3 is 4.57 Å². The zero-order valence-electron chi connectivity index (χ0n) is 17.4. The molecule has 5 rings (SSSR count). The number of benzene rings is 1. The molecular formula is C22H26F2N6O. The van der Waals surface area contributed by atoms with Gasteiger partial charge in [0, 0.05) is 13.0 Å². The summed E-state index contributed by atoms with van der Waals surface area (Å²) in [7, 11) is 0. The Kier molecular flexibility index (Phi) is 5.52. The van der Waals surface area contributed by atoms with Gasteiger partial charge in [-0.2, -0.15) is 0 Å². The second-order valence-corrected chi connectivity index (χ2v) is 8.42. The van der Waals surface area contributed by atoms with E-state index in [1.54, 1.807) is 18.2 Å². The lowest BCUT2D eigenvalue weighted by atomic mass is 10.1. The van der Waals surface area contributed by atoms with Crippen molar-refractivity contribution in [2.75, 3.05) is 6.54 Å². The van der Waals surface area contributed by atoms with Crippen LogP contribution in [-0.4, -0.2) is 42.2 Å². The summed E-state index contributed by atoms with van der Waals surface area (Å²) < 4.78 is 30.1. The first kappa shape index (κ1) is 20.2. The van der Waals surface area contributed by atoms with E-state index in [1.807, 2.05) is 6.07 Å². The first-order chi connectivity index (χ1) is 15.1. The fraction of sp³-hybridized carbons (Fsp3) is 0.545. The average molecular weight is 428 g/mol. The van der Waals surface area contributed by atoms with Crippen molar-refractivity contribution in [2.24, 2.45) is 0 Å². The second-order valence-electron chi connectivity index (χ2n) is 8.42. The molecule has 4 heterocycles. The molecule has 0 radical (unpaired) electrons. The van der Waals surface area contributed by atoms with Crippen LogP contribution >= 0.6 is 0 Å². The molecule has 7 nitrogen and oxygen atoms in total. The number of para-hydroxylation sites is 1. The Morgan fingerprint density at radius 1 is 1.06 bits per heavy atom. The molecule has 164 valence electrons. The Hall–Kier alpha value is -2.68. The number of aromatic nitrogens is 5. The van der Waals surface area contributed by atoms with Gasteiger partial charge in [-0.1, -0.05) is 18.6 Å². The molecule has 1 aromatic carbocycles. The van der Waals surface area contributed by atoms with E-state index in [-0.39, 0.29) is 6.04 Å². The van der Waals surface area contributed by atoms with Crippen LogP contribution < -0.4 is 5.56 Å². The number of aryl methyl sites for hydroxylation is 1. The molecule has 0 N–H and O–H groups in total. The summed E-state index contributed by atoms with van der Waals surface area (Å²) in [6.07, 6.45) is 3.44. The minimum absolute atomic E-state index is 0.199. The highest BCUT2D eigenvalue weighted by molar-refractivity contribution is 5.77. The highest BCUT2D eigenvalue weighted by atomic mass is 19.3. The first-order valence-electron chi connectivity index (χ1n) is 11.0. The molecule has 1 atom stereocenters. The van der Waals surface area contributed by atoms with Gasteiger partial charge in [-0.25, -0.2) is 13.8 Å². The average Bonchev–Trinajstić information content (AvgIpc) is 3.30. The third-order valence-electron chi connectivity index (χ3n) is 6.40. The van der Waals surface area contributed by atoms with Gasteiger partial charge in [0.25, 0.3) is 12.0 Å². The smallest absolute Gasteiger partial charge is 0.261 e. The lowest BCUT2D eigenvalue weighted by Gasteiger charge is -2.26. The van der Waals surface area contributed by atoms with Crippen LogP contribution in [0, 0.1) is 0 Å². The molecule has 0 bridgehead atoms. The number of likely N-dealkylation sites (tertiary alicyclic amines) is 1. The van der Waals surface area contributed by atoms with Gasteiger partial charge in [0.1, 0.15) is 17.5 Å².